The first kappa shape index (κ1) is 4.37. The van der Waals surface area contributed by atoms with Crippen LogP contribution in [-0.2, 0) is 0 Å². The molecular formula is C8H10. The van der Waals surface area contributed by atoms with Gasteiger partial charge in [-0.15, -0.1) is 0 Å². The fourth-order valence-electron chi connectivity index (χ4n) is 1.77. The van der Waals surface area contributed by atoms with Crippen molar-refractivity contribution in [2.45, 2.75) is 12.8 Å². The van der Waals surface area contributed by atoms with E-state index < -0.39 is 0 Å². The Balaban J connectivity index is 2.29. The van der Waals surface area contributed by atoms with E-state index in [1.807, 2.05) is 0 Å². The highest BCUT2D eigenvalue weighted by Crippen LogP contribution is 2.58. The lowest BCUT2D eigenvalue weighted by molar-refractivity contribution is 0.819. The molecule has 0 saturated heterocycles. The number of hydrogen-bond donors (Lipinski definition) is 0. The number of allylic oxidation sites excluding steroid dienone is 2. The topological polar surface area (TPSA) is 0 Å². The average molecular weight is 106 g/mol. The van der Waals surface area contributed by atoms with Gasteiger partial charge in [0, 0.05) is 5.92 Å². The second-order valence-corrected chi connectivity index (χ2v) is 2.86. The minimum atomic E-state index is 0.759. The van der Waals surface area contributed by atoms with E-state index in [-0.39, 0.29) is 0 Å². The molecule has 2 saturated carbocycles. The Morgan fingerprint density at radius 1 is 1.38 bits per heavy atom. The van der Waals surface area contributed by atoms with Crippen molar-refractivity contribution in [2.24, 2.45) is 11.8 Å². The first-order valence-electron chi connectivity index (χ1n) is 3.17. The van der Waals surface area contributed by atoms with Crippen LogP contribution in [0.15, 0.2) is 24.3 Å². The van der Waals surface area contributed by atoms with Gasteiger partial charge in [-0.3, -0.25) is 0 Å². The maximum Gasteiger partial charge on any atom is 0.00704 e. The van der Waals surface area contributed by atoms with Gasteiger partial charge in [-0.25, -0.2) is 0 Å². The summed E-state index contributed by atoms with van der Waals surface area (Å²) in [6.45, 7) is 7.91. The van der Waals surface area contributed by atoms with E-state index in [0.717, 1.165) is 11.8 Å². The Hall–Kier alpha value is -0.520. The summed E-state index contributed by atoms with van der Waals surface area (Å²) in [6, 6.07) is 0. The van der Waals surface area contributed by atoms with Crippen LogP contribution in [0.2, 0.25) is 0 Å². The van der Waals surface area contributed by atoms with Crippen LogP contribution in [-0.4, -0.2) is 0 Å². The molecule has 42 valence electrons. The van der Waals surface area contributed by atoms with E-state index >= 15 is 0 Å². The molecule has 0 spiro atoms. The maximum atomic E-state index is 3.97. The maximum absolute atomic E-state index is 3.97. The molecule has 0 radical (unpaired) electrons. The molecule has 0 bridgehead atoms. The summed E-state index contributed by atoms with van der Waals surface area (Å²) in [5, 5.41) is 0. The molecule has 0 amide bonds. The van der Waals surface area contributed by atoms with Crippen molar-refractivity contribution in [3.8, 4) is 0 Å². The minimum Gasteiger partial charge on any atom is -0.0992 e. The molecule has 0 aromatic rings. The smallest absolute Gasteiger partial charge is 0.00704 e. The quantitative estimate of drug-likeness (QED) is 0.415. The van der Waals surface area contributed by atoms with Gasteiger partial charge < -0.3 is 0 Å². The first-order valence-corrected chi connectivity index (χ1v) is 3.17. The van der Waals surface area contributed by atoms with Gasteiger partial charge in [0.2, 0.25) is 0 Å². The van der Waals surface area contributed by atoms with E-state index in [1.54, 1.807) is 0 Å². The van der Waals surface area contributed by atoms with E-state index in [1.165, 1.54) is 24.0 Å². The fourth-order valence-corrected chi connectivity index (χ4v) is 1.77. The molecule has 2 rings (SSSR count). The SMILES string of the molecule is C=C1CCC2C(=C)C12. The highest BCUT2D eigenvalue weighted by molar-refractivity contribution is 5.40. The Kier molecular flexibility index (Phi) is 0.585. The summed E-state index contributed by atoms with van der Waals surface area (Å²) in [7, 11) is 0. The molecule has 2 aliphatic carbocycles. The summed E-state index contributed by atoms with van der Waals surface area (Å²) in [5.41, 5.74) is 2.88. The molecule has 2 atom stereocenters. The van der Waals surface area contributed by atoms with Crippen LogP contribution in [0.3, 0.4) is 0 Å². The van der Waals surface area contributed by atoms with Crippen molar-refractivity contribution < 1.29 is 0 Å². The van der Waals surface area contributed by atoms with Gasteiger partial charge in [0.05, 0.1) is 0 Å². The summed E-state index contributed by atoms with van der Waals surface area (Å²) in [5.74, 6) is 1.62. The zero-order valence-electron chi connectivity index (χ0n) is 4.98. The lowest BCUT2D eigenvalue weighted by Crippen LogP contribution is -1.74. The largest absolute Gasteiger partial charge is 0.0992 e. The molecular weight excluding hydrogens is 96.1 g/mol. The van der Waals surface area contributed by atoms with Crippen LogP contribution in [0, 0.1) is 11.8 Å². The highest BCUT2D eigenvalue weighted by Gasteiger charge is 2.47. The first-order chi connectivity index (χ1) is 3.80. The number of rotatable bonds is 0. The Labute approximate surface area is 49.9 Å². The fraction of sp³-hybridized carbons (Fsp3) is 0.500. The molecule has 0 heteroatoms. The van der Waals surface area contributed by atoms with Gasteiger partial charge in [0.25, 0.3) is 0 Å². The van der Waals surface area contributed by atoms with Crippen LogP contribution < -0.4 is 0 Å². The molecule has 2 aliphatic rings. The van der Waals surface area contributed by atoms with E-state index in [0.29, 0.717) is 0 Å². The second kappa shape index (κ2) is 1.07. The van der Waals surface area contributed by atoms with Crippen molar-refractivity contribution in [1.29, 1.82) is 0 Å². The van der Waals surface area contributed by atoms with Crippen LogP contribution in [0.1, 0.15) is 12.8 Å². The minimum absolute atomic E-state index is 0.759. The predicted octanol–water partition coefficient (Wildman–Crippen LogP) is 2.14. The Morgan fingerprint density at radius 3 is 2.38 bits per heavy atom. The van der Waals surface area contributed by atoms with Crippen molar-refractivity contribution >= 4 is 0 Å². The van der Waals surface area contributed by atoms with Crippen molar-refractivity contribution in [3.05, 3.63) is 24.3 Å². The van der Waals surface area contributed by atoms with Gasteiger partial charge in [0.15, 0.2) is 0 Å². The highest BCUT2D eigenvalue weighted by atomic mass is 14.5. The van der Waals surface area contributed by atoms with E-state index in [4.69, 9.17) is 0 Å². The summed E-state index contributed by atoms with van der Waals surface area (Å²) >= 11 is 0. The molecule has 0 heterocycles. The molecule has 0 nitrogen and oxygen atoms in total. The molecule has 2 unspecified atom stereocenters. The lowest BCUT2D eigenvalue weighted by atomic mass is 10.1. The summed E-state index contributed by atoms with van der Waals surface area (Å²) in [6.07, 6.45) is 2.59. The third-order valence-electron chi connectivity index (χ3n) is 2.39. The molecule has 0 aromatic heterocycles. The van der Waals surface area contributed by atoms with Crippen molar-refractivity contribution in [2.75, 3.05) is 0 Å². The van der Waals surface area contributed by atoms with Crippen molar-refractivity contribution in [1.82, 2.24) is 0 Å². The molecule has 0 aliphatic heterocycles. The van der Waals surface area contributed by atoms with E-state index in [2.05, 4.69) is 13.2 Å². The lowest BCUT2D eigenvalue weighted by Gasteiger charge is -1.91. The Bertz CT molecular complexity index is 165. The summed E-state index contributed by atoms with van der Waals surface area (Å²) < 4.78 is 0. The third kappa shape index (κ3) is 0.322. The average Bonchev–Trinajstić information content (AvgIpc) is 2.13. The van der Waals surface area contributed by atoms with Crippen LogP contribution in [0.5, 0.6) is 0 Å². The zero-order valence-corrected chi connectivity index (χ0v) is 4.98. The normalized spacial score (nSPS) is 42.5. The summed E-state index contributed by atoms with van der Waals surface area (Å²) in [4.78, 5) is 0. The van der Waals surface area contributed by atoms with Crippen LogP contribution >= 0.6 is 0 Å². The zero-order chi connectivity index (χ0) is 5.72. The number of fused-ring (bicyclic) bond motifs is 1. The number of hydrogen-bond acceptors (Lipinski definition) is 0. The second-order valence-electron chi connectivity index (χ2n) is 2.86. The monoisotopic (exact) mass is 106 g/mol. The van der Waals surface area contributed by atoms with E-state index in [9.17, 15) is 0 Å². The standard InChI is InChI=1S/C8H10/c1-5-3-4-7-6(2)8(5)7/h7-8H,1-4H2. The molecule has 0 N–H and O–H groups in total. The third-order valence-corrected chi connectivity index (χ3v) is 2.39. The van der Waals surface area contributed by atoms with Crippen LogP contribution in [0.4, 0.5) is 0 Å². The Morgan fingerprint density at radius 2 is 2.12 bits per heavy atom. The van der Waals surface area contributed by atoms with Gasteiger partial charge in [-0.1, -0.05) is 24.3 Å². The predicted molar refractivity (Wildman–Crippen MR) is 34.5 cm³/mol. The van der Waals surface area contributed by atoms with Gasteiger partial charge in [-0.05, 0) is 18.8 Å². The van der Waals surface area contributed by atoms with Gasteiger partial charge in [0.1, 0.15) is 0 Å². The molecule has 2 fully saturated rings. The van der Waals surface area contributed by atoms with Crippen molar-refractivity contribution in [3.63, 3.8) is 0 Å². The van der Waals surface area contributed by atoms with Gasteiger partial charge >= 0.3 is 0 Å². The van der Waals surface area contributed by atoms with Crippen LogP contribution in [0.25, 0.3) is 0 Å². The van der Waals surface area contributed by atoms with Gasteiger partial charge in [-0.2, -0.15) is 0 Å². The molecule has 0 aromatic carbocycles. The molecule has 8 heavy (non-hydrogen) atoms.